The van der Waals surface area contributed by atoms with E-state index in [9.17, 15) is 19.5 Å². The van der Waals surface area contributed by atoms with E-state index < -0.39 is 18.4 Å². The lowest BCUT2D eigenvalue weighted by Gasteiger charge is -2.25. The van der Waals surface area contributed by atoms with Crippen molar-refractivity contribution >= 4 is 17.9 Å². The molecular weight excluding hydrogens is 875 g/mol. The van der Waals surface area contributed by atoms with Gasteiger partial charge in [0.1, 0.15) is 13.2 Å². The Hall–Kier alpha value is -1.71. The molecule has 9 nitrogen and oxygen atoms in total. The second-order valence-corrected chi connectivity index (χ2v) is 22.4. The first-order chi connectivity index (χ1) is 34.1. The van der Waals surface area contributed by atoms with Crippen LogP contribution in [0.5, 0.6) is 0 Å². The van der Waals surface area contributed by atoms with Crippen LogP contribution in [0.4, 0.5) is 0 Å². The fourth-order valence-corrected chi connectivity index (χ4v) is 9.37. The molecule has 0 aliphatic heterocycles. The van der Waals surface area contributed by atoms with Crippen molar-refractivity contribution in [3.8, 4) is 0 Å². The van der Waals surface area contributed by atoms with E-state index in [0.717, 1.165) is 38.5 Å². The van der Waals surface area contributed by atoms with Crippen LogP contribution in [-0.4, -0.2) is 87.4 Å². The number of aliphatic carboxylic acids is 1. The number of nitrogens with zero attached hydrogens (tertiary/aromatic N) is 1. The molecule has 0 saturated heterocycles. The summed E-state index contributed by atoms with van der Waals surface area (Å²) >= 11 is 0. The van der Waals surface area contributed by atoms with Crippen molar-refractivity contribution in [2.45, 2.75) is 328 Å². The number of quaternary nitrogens is 1. The highest BCUT2D eigenvalue weighted by atomic mass is 16.7. The highest BCUT2D eigenvalue weighted by Crippen LogP contribution is 2.18. The van der Waals surface area contributed by atoms with Crippen LogP contribution in [0.2, 0.25) is 0 Å². The minimum atomic E-state index is -1.50. The topological polar surface area (TPSA) is 108 Å². The third-order valence-electron chi connectivity index (χ3n) is 14.1. The van der Waals surface area contributed by atoms with Gasteiger partial charge in [-0.15, -0.1) is 0 Å². The van der Waals surface area contributed by atoms with Gasteiger partial charge in [-0.05, 0) is 12.8 Å². The first-order valence-electron chi connectivity index (χ1n) is 30.7. The number of likely N-dealkylation sites (N-methyl/N-ethyl adjacent to an activating group) is 1. The van der Waals surface area contributed by atoms with Crippen LogP contribution >= 0.6 is 0 Å². The van der Waals surface area contributed by atoms with E-state index in [1.165, 1.54) is 250 Å². The summed E-state index contributed by atoms with van der Waals surface area (Å²) in [5.41, 5.74) is 0. The Balaban J connectivity index is 3.94. The maximum atomic E-state index is 12.8. The first kappa shape index (κ1) is 68.3. The quantitative estimate of drug-likeness (QED) is 0.0278. The Morgan fingerprint density at radius 3 is 0.914 bits per heavy atom. The van der Waals surface area contributed by atoms with Gasteiger partial charge < -0.3 is 28.5 Å². The molecule has 0 fully saturated rings. The average molecular weight is 996 g/mol. The van der Waals surface area contributed by atoms with Crippen molar-refractivity contribution in [1.82, 2.24) is 0 Å². The van der Waals surface area contributed by atoms with Gasteiger partial charge in [-0.2, -0.15) is 0 Å². The number of ether oxygens (including phenoxy) is 4. The normalized spacial score (nSPS) is 12.6. The van der Waals surface area contributed by atoms with E-state index in [0.29, 0.717) is 17.4 Å². The fourth-order valence-electron chi connectivity index (χ4n) is 9.37. The summed E-state index contributed by atoms with van der Waals surface area (Å²) in [6.07, 6.45) is 57.9. The smallest absolute Gasteiger partial charge is 0.361 e. The molecule has 0 saturated carbocycles. The molecule has 2 unspecified atom stereocenters. The zero-order valence-electron chi connectivity index (χ0n) is 47.5. The van der Waals surface area contributed by atoms with Gasteiger partial charge in [0.05, 0.1) is 34.4 Å². The molecule has 0 aromatic carbocycles. The van der Waals surface area contributed by atoms with Gasteiger partial charge in [-0.3, -0.25) is 9.59 Å². The molecule has 0 aliphatic rings. The Kier molecular flexibility index (Phi) is 52.3. The minimum absolute atomic E-state index is 0.173. The summed E-state index contributed by atoms with van der Waals surface area (Å²) in [6.45, 7) is 4.92. The number of rotatable bonds is 58. The maximum absolute atomic E-state index is 12.8. The molecule has 0 radical (unpaired) electrons. The van der Waals surface area contributed by atoms with Crippen LogP contribution in [0.3, 0.4) is 0 Å². The van der Waals surface area contributed by atoms with Gasteiger partial charge in [-0.1, -0.05) is 290 Å². The molecule has 0 aromatic rings. The van der Waals surface area contributed by atoms with Crippen LogP contribution in [0.1, 0.15) is 316 Å². The van der Waals surface area contributed by atoms with Gasteiger partial charge >= 0.3 is 17.9 Å². The van der Waals surface area contributed by atoms with Crippen LogP contribution < -0.4 is 0 Å². The maximum Gasteiger partial charge on any atom is 0.361 e. The highest BCUT2D eigenvalue weighted by Gasteiger charge is 2.25. The molecule has 70 heavy (non-hydrogen) atoms. The monoisotopic (exact) mass is 995 g/mol. The third-order valence-corrected chi connectivity index (χ3v) is 14.1. The van der Waals surface area contributed by atoms with Crippen LogP contribution in [0.15, 0.2) is 0 Å². The van der Waals surface area contributed by atoms with Crippen LogP contribution in [0.25, 0.3) is 0 Å². The second-order valence-electron chi connectivity index (χ2n) is 22.4. The lowest BCUT2D eigenvalue weighted by Crippen LogP contribution is -2.40. The van der Waals surface area contributed by atoms with Crippen molar-refractivity contribution < 1.29 is 42.9 Å². The molecule has 0 bridgehead atoms. The Morgan fingerprint density at radius 2 is 0.643 bits per heavy atom. The minimum Gasteiger partial charge on any atom is -0.477 e. The van der Waals surface area contributed by atoms with Crippen molar-refractivity contribution in [3.05, 3.63) is 0 Å². The number of carboxylic acid groups (broad SMARTS) is 1. The number of unbranched alkanes of at least 4 members (excludes halogenated alkanes) is 43. The summed E-state index contributed by atoms with van der Waals surface area (Å²) in [5.74, 6) is -1.98. The summed E-state index contributed by atoms with van der Waals surface area (Å²) in [6, 6.07) is 0. The Bertz CT molecular complexity index is 1110. The molecular formula is C61H120NO8+. The van der Waals surface area contributed by atoms with E-state index in [2.05, 4.69) is 13.8 Å². The van der Waals surface area contributed by atoms with Crippen LogP contribution in [-0.2, 0) is 33.3 Å². The number of carboxylic acids is 1. The SMILES string of the molecule is CCCCCCCCCCCCCCCCCCCCCCCCCCCCCCCCCCCCC(=O)OC(COC(=O)CCCCCCCCCCCCC)COC(OCC[N+](C)(C)C)C(=O)O. The summed E-state index contributed by atoms with van der Waals surface area (Å²) in [5, 5.41) is 9.68. The van der Waals surface area contributed by atoms with E-state index in [1.807, 2.05) is 21.1 Å². The molecule has 2 atom stereocenters. The summed E-state index contributed by atoms with van der Waals surface area (Å²) in [7, 11) is 5.98. The second kappa shape index (κ2) is 53.6. The first-order valence-corrected chi connectivity index (χ1v) is 30.7. The Morgan fingerprint density at radius 1 is 0.371 bits per heavy atom. The summed E-state index contributed by atoms with van der Waals surface area (Å²) < 4.78 is 22.8. The average Bonchev–Trinajstić information content (AvgIpc) is 3.33. The predicted octanol–water partition coefficient (Wildman–Crippen LogP) is 18.0. The van der Waals surface area contributed by atoms with E-state index >= 15 is 0 Å². The molecule has 0 heterocycles. The van der Waals surface area contributed by atoms with Crippen molar-refractivity contribution in [2.75, 3.05) is 47.5 Å². The van der Waals surface area contributed by atoms with Gasteiger partial charge in [0.15, 0.2) is 6.10 Å². The molecule has 9 heteroatoms. The number of hydrogen-bond donors (Lipinski definition) is 1. The number of carbonyl (C=O) groups excluding carboxylic acids is 2. The standard InChI is InChI=1S/C61H119NO8/c1-6-8-10-12-14-16-18-19-20-21-22-23-24-25-26-27-28-29-30-31-32-33-34-35-36-37-38-39-40-42-44-46-48-50-52-59(64)70-57(56-69-61(60(65)66)67-54-53-62(3,4)5)55-68-58(63)51-49-47-45-43-41-17-15-13-11-9-7-2/h57,61H,6-56H2,1-5H3/p+1. The van der Waals surface area contributed by atoms with E-state index in [1.54, 1.807) is 0 Å². The van der Waals surface area contributed by atoms with Gasteiger partial charge in [-0.25, -0.2) is 4.79 Å². The Labute approximate surface area is 434 Å². The van der Waals surface area contributed by atoms with Crippen molar-refractivity contribution in [1.29, 1.82) is 0 Å². The number of esters is 2. The zero-order valence-corrected chi connectivity index (χ0v) is 47.5. The highest BCUT2D eigenvalue weighted by molar-refractivity contribution is 5.71. The number of carbonyl (C=O) groups is 3. The molecule has 0 spiro atoms. The molecule has 0 aliphatic carbocycles. The molecule has 1 N–H and O–H groups in total. The van der Waals surface area contributed by atoms with Gasteiger partial charge in [0, 0.05) is 12.8 Å². The summed E-state index contributed by atoms with van der Waals surface area (Å²) in [4.78, 5) is 37.3. The molecule has 0 aromatic heterocycles. The predicted molar refractivity (Wildman–Crippen MR) is 295 cm³/mol. The van der Waals surface area contributed by atoms with Crippen LogP contribution in [0, 0.1) is 0 Å². The zero-order chi connectivity index (χ0) is 51.3. The third kappa shape index (κ3) is 54.1. The fraction of sp³-hybridized carbons (Fsp3) is 0.951. The van der Waals surface area contributed by atoms with Gasteiger partial charge in [0.25, 0.3) is 6.29 Å². The molecule has 416 valence electrons. The van der Waals surface area contributed by atoms with E-state index in [4.69, 9.17) is 18.9 Å². The van der Waals surface area contributed by atoms with Crippen molar-refractivity contribution in [2.24, 2.45) is 0 Å². The molecule has 0 amide bonds. The number of hydrogen-bond acceptors (Lipinski definition) is 7. The van der Waals surface area contributed by atoms with Gasteiger partial charge in [0.2, 0.25) is 0 Å². The lowest BCUT2D eigenvalue weighted by atomic mass is 10.0. The lowest BCUT2D eigenvalue weighted by molar-refractivity contribution is -0.870. The van der Waals surface area contributed by atoms with E-state index in [-0.39, 0.29) is 38.2 Å². The largest absolute Gasteiger partial charge is 0.477 e. The molecule has 0 rings (SSSR count). The van der Waals surface area contributed by atoms with Crippen molar-refractivity contribution in [3.63, 3.8) is 0 Å².